The molecular formula is C22H21N5O2S. The first kappa shape index (κ1) is 19.9. The number of carbonyl (C=O) groups is 1. The maximum absolute atomic E-state index is 12.5. The largest absolute Gasteiger partial charge is 0.411 e. The number of carbonyl (C=O) groups excluding carboxylic acids is 1. The second-order valence-corrected chi connectivity index (χ2v) is 7.92. The Kier molecular flexibility index (Phi) is 5.67. The Morgan fingerprint density at radius 3 is 2.60 bits per heavy atom. The van der Waals surface area contributed by atoms with Crippen LogP contribution in [-0.4, -0.2) is 31.6 Å². The van der Waals surface area contributed by atoms with E-state index in [-0.39, 0.29) is 11.7 Å². The van der Waals surface area contributed by atoms with Crippen molar-refractivity contribution in [1.82, 2.24) is 20.0 Å². The molecule has 0 aliphatic heterocycles. The molecule has 2 heterocycles. The molecule has 4 aromatic rings. The van der Waals surface area contributed by atoms with Crippen molar-refractivity contribution in [1.29, 1.82) is 0 Å². The molecule has 0 spiro atoms. The molecule has 1 N–H and O–H groups in total. The number of aryl methyl sites for hydroxylation is 3. The van der Waals surface area contributed by atoms with E-state index in [0.717, 1.165) is 28.1 Å². The number of hydrogen-bond acceptors (Lipinski definition) is 6. The number of anilines is 1. The van der Waals surface area contributed by atoms with E-state index in [9.17, 15) is 4.79 Å². The quantitative estimate of drug-likeness (QED) is 0.461. The molecule has 4 rings (SSSR count). The molecule has 0 radical (unpaired) electrons. The minimum absolute atomic E-state index is 0.146. The van der Waals surface area contributed by atoms with Crippen molar-refractivity contribution in [2.75, 3.05) is 11.1 Å². The van der Waals surface area contributed by atoms with Crippen LogP contribution in [0.5, 0.6) is 0 Å². The highest BCUT2D eigenvalue weighted by Gasteiger charge is 2.14. The normalized spacial score (nSPS) is 10.9. The van der Waals surface area contributed by atoms with E-state index < -0.39 is 0 Å². The Hall–Kier alpha value is -3.39. The van der Waals surface area contributed by atoms with Crippen molar-refractivity contribution in [3.63, 3.8) is 0 Å². The van der Waals surface area contributed by atoms with Gasteiger partial charge in [-0.05, 0) is 45.0 Å². The van der Waals surface area contributed by atoms with Gasteiger partial charge < -0.3 is 9.73 Å². The molecule has 0 aliphatic rings. The van der Waals surface area contributed by atoms with Crippen molar-refractivity contribution in [2.45, 2.75) is 26.0 Å². The summed E-state index contributed by atoms with van der Waals surface area (Å²) in [6, 6.07) is 17.6. The zero-order valence-electron chi connectivity index (χ0n) is 16.9. The first-order valence-electron chi connectivity index (χ1n) is 9.45. The summed E-state index contributed by atoms with van der Waals surface area (Å²) in [5.74, 6) is 1.03. The van der Waals surface area contributed by atoms with Gasteiger partial charge >= 0.3 is 0 Å². The summed E-state index contributed by atoms with van der Waals surface area (Å²) in [5.41, 5.74) is 4.83. The predicted octanol–water partition coefficient (Wildman–Crippen LogP) is 4.58. The van der Waals surface area contributed by atoms with E-state index in [0.29, 0.717) is 16.9 Å². The number of amides is 1. The van der Waals surface area contributed by atoms with Crippen molar-refractivity contribution in [2.24, 2.45) is 0 Å². The molecule has 0 bridgehead atoms. The van der Waals surface area contributed by atoms with Crippen LogP contribution in [0.25, 0.3) is 17.1 Å². The van der Waals surface area contributed by atoms with Crippen molar-refractivity contribution >= 4 is 23.5 Å². The van der Waals surface area contributed by atoms with Gasteiger partial charge in [0.05, 0.1) is 17.1 Å². The summed E-state index contributed by atoms with van der Waals surface area (Å²) >= 11 is 1.20. The summed E-state index contributed by atoms with van der Waals surface area (Å²) in [5, 5.41) is 15.8. The Labute approximate surface area is 178 Å². The minimum atomic E-state index is -0.177. The minimum Gasteiger partial charge on any atom is -0.411 e. The van der Waals surface area contributed by atoms with Crippen molar-refractivity contribution < 1.29 is 9.21 Å². The average molecular weight is 420 g/mol. The highest BCUT2D eigenvalue weighted by molar-refractivity contribution is 7.99. The van der Waals surface area contributed by atoms with E-state index in [2.05, 4.69) is 20.6 Å². The van der Waals surface area contributed by atoms with Crippen LogP contribution in [0, 0.1) is 20.8 Å². The highest BCUT2D eigenvalue weighted by atomic mass is 32.2. The molecule has 7 nitrogen and oxygen atoms in total. The topological polar surface area (TPSA) is 85.8 Å². The van der Waals surface area contributed by atoms with E-state index in [4.69, 9.17) is 4.42 Å². The van der Waals surface area contributed by atoms with Gasteiger partial charge in [0, 0.05) is 11.6 Å². The van der Waals surface area contributed by atoms with Crippen LogP contribution in [-0.2, 0) is 4.79 Å². The maximum atomic E-state index is 12.5. The second-order valence-electron chi connectivity index (χ2n) is 7.00. The molecule has 0 aliphatic carbocycles. The van der Waals surface area contributed by atoms with Crippen LogP contribution < -0.4 is 5.32 Å². The van der Waals surface area contributed by atoms with Gasteiger partial charge in [-0.15, -0.1) is 10.2 Å². The SMILES string of the molecule is Cc1ccc(-n2nc(C)cc2NC(=O)CSc2nnc(-c3cccc(C)c3)o2)cc1. The predicted molar refractivity (Wildman–Crippen MR) is 117 cm³/mol. The fourth-order valence-corrected chi connectivity index (χ4v) is 3.50. The van der Waals surface area contributed by atoms with E-state index in [1.54, 1.807) is 4.68 Å². The number of thioether (sulfide) groups is 1. The molecule has 0 atom stereocenters. The number of aromatic nitrogens is 4. The Morgan fingerprint density at radius 1 is 1.03 bits per heavy atom. The Balaban J connectivity index is 1.41. The lowest BCUT2D eigenvalue weighted by atomic mass is 10.1. The molecule has 2 aromatic carbocycles. The van der Waals surface area contributed by atoms with Gasteiger partial charge in [-0.2, -0.15) is 5.10 Å². The van der Waals surface area contributed by atoms with Gasteiger partial charge in [0.2, 0.25) is 11.8 Å². The maximum Gasteiger partial charge on any atom is 0.277 e. The zero-order chi connectivity index (χ0) is 21.1. The summed E-state index contributed by atoms with van der Waals surface area (Å²) in [4.78, 5) is 12.5. The molecule has 0 fully saturated rings. The second kappa shape index (κ2) is 8.54. The van der Waals surface area contributed by atoms with Gasteiger partial charge in [-0.1, -0.05) is 47.2 Å². The Morgan fingerprint density at radius 2 is 1.83 bits per heavy atom. The highest BCUT2D eigenvalue weighted by Crippen LogP contribution is 2.24. The molecule has 8 heteroatoms. The molecule has 2 aromatic heterocycles. The first-order valence-corrected chi connectivity index (χ1v) is 10.4. The fourth-order valence-electron chi connectivity index (χ4n) is 2.94. The van der Waals surface area contributed by atoms with Gasteiger partial charge in [-0.25, -0.2) is 4.68 Å². The summed E-state index contributed by atoms with van der Waals surface area (Å²) in [7, 11) is 0. The number of rotatable bonds is 6. The molecule has 0 saturated carbocycles. The average Bonchev–Trinajstić information content (AvgIpc) is 3.34. The summed E-state index contributed by atoms with van der Waals surface area (Å²) in [6.07, 6.45) is 0. The monoisotopic (exact) mass is 419 g/mol. The zero-order valence-corrected chi connectivity index (χ0v) is 17.7. The van der Waals surface area contributed by atoms with E-state index in [1.165, 1.54) is 11.8 Å². The lowest BCUT2D eigenvalue weighted by Crippen LogP contribution is -2.17. The van der Waals surface area contributed by atoms with Gasteiger partial charge in [0.15, 0.2) is 0 Å². The van der Waals surface area contributed by atoms with E-state index in [1.807, 2.05) is 75.4 Å². The molecule has 0 saturated heterocycles. The number of hydrogen-bond donors (Lipinski definition) is 1. The third-order valence-corrected chi connectivity index (χ3v) is 5.19. The lowest BCUT2D eigenvalue weighted by Gasteiger charge is -2.08. The number of nitrogens with zero attached hydrogens (tertiary/aromatic N) is 4. The summed E-state index contributed by atoms with van der Waals surface area (Å²) < 4.78 is 7.40. The van der Waals surface area contributed by atoms with Crippen molar-refractivity contribution in [3.8, 4) is 17.1 Å². The van der Waals surface area contributed by atoms with Gasteiger partial charge in [0.25, 0.3) is 5.22 Å². The third-order valence-electron chi connectivity index (χ3n) is 4.38. The van der Waals surface area contributed by atoms with E-state index >= 15 is 0 Å². The first-order chi connectivity index (χ1) is 14.5. The molecule has 0 unspecified atom stereocenters. The van der Waals surface area contributed by atoms with Gasteiger partial charge in [0.1, 0.15) is 5.82 Å². The van der Waals surface area contributed by atoms with Crippen molar-refractivity contribution in [3.05, 3.63) is 71.4 Å². The van der Waals surface area contributed by atoms with Crippen LogP contribution in [0.2, 0.25) is 0 Å². The number of nitrogens with one attached hydrogen (secondary N) is 1. The molecule has 152 valence electrons. The molecule has 30 heavy (non-hydrogen) atoms. The lowest BCUT2D eigenvalue weighted by molar-refractivity contribution is -0.113. The Bertz CT molecular complexity index is 1180. The van der Waals surface area contributed by atoms with Crippen LogP contribution in [0.4, 0.5) is 5.82 Å². The van der Waals surface area contributed by atoms with Gasteiger partial charge in [-0.3, -0.25) is 4.79 Å². The van der Waals surface area contributed by atoms with Crippen LogP contribution in [0.1, 0.15) is 16.8 Å². The van der Waals surface area contributed by atoms with Crippen LogP contribution in [0.3, 0.4) is 0 Å². The third kappa shape index (κ3) is 4.60. The number of benzene rings is 2. The van der Waals surface area contributed by atoms with Crippen LogP contribution in [0.15, 0.2) is 64.2 Å². The standard InChI is InChI=1S/C22H21N5O2S/c1-14-7-9-18(10-8-14)27-19(12-16(3)26-27)23-20(28)13-30-22-25-24-21(29-22)17-6-4-5-15(2)11-17/h4-12H,13H2,1-3H3,(H,23,28). The molecule has 1 amide bonds. The fraction of sp³-hybridized carbons (Fsp3) is 0.182. The van der Waals surface area contributed by atoms with Crippen LogP contribution >= 0.6 is 11.8 Å². The smallest absolute Gasteiger partial charge is 0.277 e. The molecular weight excluding hydrogens is 398 g/mol. The summed E-state index contributed by atoms with van der Waals surface area (Å²) in [6.45, 7) is 5.92.